The van der Waals surface area contributed by atoms with Gasteiger partial charge in [0.2, 0.25) is 0 Å². The van der Waals surface area contributed by atoms with E-state index in [4.69, 9.17) is 9.79 Å². The molecular formula is C20H44NdO3P-. The van der Waals surface area contributed by atoms with E-state index in [1.54, 1.807) is 0 Å². The molecule has 0 spiro atoms. The molecule has 0 aliphatic heterocycles. The molecule has 0 unspecified atom stereocenters. The number of hydrogen-bond donors (Lipinski definition) is 2. The van der Waals surface area contributed by atoms with Gasteiger partial charge < -0.3 is 16.7 Å². The summed E-state index contributed by atoms with van der Waals surface area (Å²) >= 11 is 0. The largest absolute Gasteiger partial charge is 0.343 e. The summed E-state index contributed by atoms with van der Waals surface area (Å²) in [6, 6.07) is 0. The first-order valence-corrected chi connectivity index (χ1v) is 12.1. The van der Waals surface area contributed by atoms with Crippen LogP contribution in [0, 0.1) is 47.8 Å². The summed E-state index contributed by atoms with van der Waals surface area (Å²) in [5.41, 5.74) is 0. The van der Waals surface area contributed by atoms with Crippen LogP contribution in [0.4, 0.5) is 0 Å². The van der Waals surface area contributed by atoms with E-state index in [9.17, 15) is 4.57 Å². The molecule has 0 rings (SSSR count). The van der Waals surface area contributed by atoms with Gasteiger partial charge in [0.15, 0.2) is 0 Å². The predicted octanol–water partition coefficient (Wildman–Crippen LogP) is 7.27. The molecule has 5 heteroatoms. The third-order valence-corrected chi connectivity index (χ3v) is 5.06. The van der Waals surface area contributed by atoms with E-state index in [1.807, 2.05) is 0 Å². The molecular weight excluding hydrogens is 463 g/mol. The van der Waals surface area contributed by atoms with Crippen LogP contribution in [0.25, 0.3) is 0 Å². The van der Waals surface area contributed by atoms with Crippen molar-refractivity contribution in [3.05, 3.63) is 6.92 Å². The van der Waals surface area contributed by atoms with E-state index < -0.39 is 7.60 Å². The second kappa shape index (κ2) is 25.5. The maximum Gasteiger partial charge on any atom is 0.325 e. The summed E-state index contributed by atoms with van der Waals surface area (Å²) in [6.07, 6.45) is 20.1. The molecule has 0 fully saturated rings. The Kier molecular flexibility index (Phi) is 31.8. The van der Waals surface area contributed by atoms with Gasteiger partial charge in [0, 0.05) is 47.0 Å². The molecule has 0 atom stereocenters. The molecule has 0 aromatic carbocycles. The standard InChI is InChI=1S/C10H23O3P.C10H21.Nd/c1-2-3-4-5-6-7-8-9-10-14(11,12)13;1-3-5-7-9-10-8-6-4-2;/h2-10H2,1H3,(H2,11,12,13);1,3-10H2,2H3;/q;-1;. The molecule has 2 N–H and O–H groups in total. The van der Waals surface area contributed by atoms with E-state index in [0.29, 0.717) is 6.42 Å². The molecule has 0 bridgehead atoms. The molecule has 0 radical (unpaired) electrons. The minimum Gasteiger partial charge on any atom is -0.343 e. The van der Waals surface area contributed by atoms with Crippen molar-refractivity contribution in [3.63, 3.8) is 0 Å². The van der Waals surface area contributed by atoms with Crippen LogP contribution in [0.3, 0.4) is 0 Å². The van der Waals surface area contributed by atoms with Crippen LogP contribution in [-0.2, 0) is 4.57 Å². The second-order valence-corrected chi connectivity index (χ2v) is 8.61. The minimum atomic E-state index is -3.73. The molecule has 25 heavy (non-hydrogen) atoms. The average Bonchev–Trinajstić information content (AvgIpc) is 2.53. The zero-order valence-corrected chi connectivity index (χ0v) is 21.1. The Morgan fingerprint density at radius 2 is 0.960 bits per heavy atom. The van der Waals surface area contributed by atoms with Crippen molar-refractivity contribution in [2.45, 2.75) is 117 Å². The molecule has 0 aliphatic rings. The van der Waals surface area contributed by atoms with Crippen molar-refractivity contribution in [2.75, 3.05) is 6.16 Å². The molecule has 0 saturated heterocycles. The fraction of sp³-hybridized carbons (Fsp3) is 0.950. The van der Waals surface area contributed by atoms with E-state index in [1.165, 1.54) is 77.0 Å². The molecule has 152 valence electrons. The molecule has 3 nitrogen and oxygen atoms in total. The van der Waals surface area contributed by atoms with Crippen LogP contribution in [0.5, 0.6) is 0 Å². The van der Waals surface area contributed by atoms with E-state index >= 15 is 0 Å². The monoisotopic (exact) mass is 505 g/mol. The Balaban J connectivity index is -0.000000392. The molecule has 0 amide bonds. The van der Waals surface area contributed by atoms with Crippen LogP contribution >= 0.6 is 7.60 Å². The van der Waals surface area contributed by atoms with Crippen molar-refractivity contribution >= 4 is 7.60 Å². The summed E-state index contributed by atoms with van der Waals surface area (Å²) in [4.78, 5) is 17.2. The Labute approximate surface area is 191 Å². The third kappa shape index (κ3) is 37.0. The number of hydrogen-bond acceptors (Lipinski definition) is 1. The van der Waals surface area contributed by atoms with E-state index in [2.05, 4.69) is 20.8 Å². The van der Waals surface area contributed by atoms with Crippen LogP contribution in [0.2, 0.25) is 0 Å². The molecule has 0 aliphatic carbocycles. The normalized spacial score (nSPS) is 10.8. The Morgan fingerprint density at radius 3 is 1.28 bits per heavy atom. The minimum absolute atomic E-state index is 0. The summed E-state index contributed by atoms with van der Waals surface area (Å²) < 4.78 is 10.5. The van der Waals surface area contributed by atoms with E-state index in [-0.39, 0.29) is 47.0 Å². The maximum absolute atomic E-state index is 10.5. The molecule has 0 aromatic heterocycles. The quantitative estimate of drug-likeness (QED) is 0.131. The van der Waals surface area contributed by atoms with Crippen molar-refractivity contribution in [3.8, 4) is 0 Å². The van der Waals surface area contributed by atoms with Gasteiger partial charge in [0.25, 0.3) is 0 Å². The summed E-state index contributed by atoms with van der Waals surface area (Å²) in [6.45, 7) is 8.27. The first-order chi connectivity index (χ1) is 11.5. The first-order valence-electron chi connectivity index (χ1n) is 10.3. The smallest absolute Gasteiger partial charge is 0.325 e. The average molecular weight is 508 g/mol. The van der Waals surface area contributed by atoms with Gasteiger partial charge >= 0.3 is 7.60 Å². The number of unbranched alkanes of at least 4 members (excludes halogenated alkanes) is 14. The summed E-state index contributed by atoms with van der Waals surface area (Å²) in [7, 11) is -3.73. The molecule has 0 saturated carbocycles. The zero-order chi connectivity index (χ0) is 18.5. The van der Waals surface area contributed by atoms with Crippen LogP contribution in [-0.4, -0.2) is 15.9 Å². The van der Waals surface area contributed by atoms with Gasteiger partial charge in [-0.2, -0.15) is 6.42 Å². The SMILES string of the molecule is CCCCCCCCCCP(=O)(O)O.[CH2-]CCCCCCCCC.[Nd]. The zero-order valence-electron chi connectivity index (χ0n) is 17.0. The van der Waals surface area contributed by atoms with Crippen LogP contribution < -0.4 is 0 Å². The fourth-order valence-corrected chi connectivity index (χ4v) is 3.22. The fourth-order valence-electron chi connectivity index (χ4n) is 2.59. The summed E-state index contributed by atoms with van der Waals surface area (Å²) in [5, 5.41) is 0. The van der Waals surface area contributed by atoms with Gasteiger partial charge in [-0.15, -0.1) is 0 Å². The third-order valence-electron chi connectivity index (χ3n) is 4.16. The van der Waals surface area contributed by atoms with E-state index in [0.717, 1.165) is 19.3 Å². The van der Waals surface area contributed by atoms with Gasteiger partial charge in [0.1, 0.15) is 0 Å². The Bertz CT molecular complexity index is 262. The maximum atomic E-state index is 10.5. The van der Waals surface area contributed by atoms with Crippen molar-refractivity contribution in [1.29, 1.82) is 0 Å². The predicted molar refractivity (Wildman–Crippen MR) is 107 cm³/mol. The topological polar surface area (TPSA) is 57.5 Å². The van der Waals surface area contributed by atoms with Gasteiger partial charge in [-0.05, 0) is 6.42 Å². The first kappa shape index (κ1) is 31.2. The Morgan fingerprint density at radius 1 is 0.640 bits per heavy atom. The van der Waals surface area contributed by atoms with Gasteiger partial charge in [-0.3, -0.25) is 4.57 Å². The number of rotatable bonds is 16. The van der Waals surface area contributed by atoms with Crippen LogP contribution in [0.1, 0.15) is 117 Å². The van der Waals surface area contributed by atoms with Crippen molar-refractivity contribution in [2.24, 2.45) is 0 Å². The van der Waals surface area contributed by atoms with Gasteiger partial charge in [-0.25, -0.2) is 0 Å². The molecule has 0 heterocycles. The molecule has 0 aromatic rings. The Hall–Kier alpha value is 1.50. The van der Waals surface area contributed by atoms with Crippen LogP contribution in [0.15, 0.2) is 0 Å². The van der Waals surface area contributed by atoms with Gasteiger partial charge in [0.05, 0.1) is 0 Å². The van der Waals surface area contributed by atoms with Crippen molar-refractivity contribution in [1.82, 2.24) is 0 Å². The second-order valence-electron chi connectivity index (χ2n) is 6.84. The summed E-state index contributed by atoms with van der Waals surface area (Å²) in [5.74, 6) is 0. The van der Waals surface area contributed by atoms with Crippen molar-refractivity contribution < 1.29 is 55.2 Å². The van der Waals surface area contributed by atoms with Gasteiger partial charge in [-0.1, -0.05) is 104 Å².